The van der Waals surface area contributed by atoms with Crippen molar-refractivity contribution in [3.63, 3.8) is 0 Å². The number of rotatable bonds is 7. The maximum atomic E-state index is 13.7. The summed E-state index contributed by atoms with van der Waals surface area (Å²) in [5.41, 5.74) is 0.173. The van der Waals surface area contributed by atoms with Crippen LogP contribution in [0.1, 0.15) is 79.0 Å². The average molecular weight is 458 g/mol. The van der Waals surface area contributed by atoms with E-state index in [2.05, 4.69) is 16.7 Å². The van der Waals surface area contributed by atoms with Crippen LogP contribution >= 0.6 is 0 Å². The molecule has 0 radical (unpaired) electrons. The predicted octanol–water partition coefficient (Wildman–Crippen LogP) is 4.31. The summed E-state index contributed by atoms with van der Waals surface area (Å²) in [7, 11) is 0. The molecule has 0 saturated carbocycles. The van der Waals surface area contributed by atoms with Gasteiger partial charge in [-0.05, 0) is 65.5 Å². The van der Waals surface area contributed by atoms with Crippen LogP contribution in [0.5, 0.6) is 0 Å². The highest BCUT2D eigenvalue weighted by atomic mass is 16.6. The van der Waals surface area contributed by atoms with Crippen LogP contribution in [0, 0.1) is 25.3 Å². The van der Waals surface area contributed by atoms with Gasteiger partial charge in [0.2, 0.25) is 5.91 Å². The smallest absolute Gasteiger partial charge is 0.408 e. The Morgan fingerprint density at radius 1 is 1.12 bits per heavy atom. The normalized spacial score (nSPS) is 14.3. The van der Waals surface area contributed by atoms with Crippen molar-refractivity contribution in [3.05, 3.63) is 35.4 Å². The Morgan fingerprint density at radius 2 is 1.70 bits per heavy atom. The number of hydrogen-bond acceptors (Lipinski definition) is 4. The lowest BCUT2D eigenvalue weighted by molar-refractivity contribution is -0.140. The molecule has 0 aliphatic rings. The summed E-state index contributed by atoms with van der Waals surface area (Å²) in [5.74, 6) is -1.19. The molecule has 0 aliphatic heterocycles. The molecule has 0 aliphatic carbocycles. The number of nitrogens with one attached hydrogen (secondary N) is 2. The minimum Gasteiger partial charge on any atom is -0.444 e. The average Bonchev–Trinajstić information content (AvgIpc) is 2.67. The number of terminal acetylenes is 1. The molecule has 182 valence electrons. The van der Waals surface area contributed by atoms with Crippen molar-refractivity contribution >= 4 is 17.9 Å². The first-order valence-corrected chi connectivity index (χ1v) is 11.3. The highest BCUT2D eigenvalue weighted by Crippen LogP contribution is 2.27. The quantitative estimate of drug-likeness (QED) is 0.472. The molecule has 0 heterocycles. The number of amides is 3. The monoisotopic (exact) mass is 457 g/mol. The first-order chi connectivity index (χ1) is 15.1. The molecule has 1 aromatic carbocycles. The van der Waals surface area contributed by atoms with Crippen LogP contribution < -0.4 is 10.6 Å². The summed E-state index contributed by atoms with van der Waals surface area (Å²) in [4.78, 5) is 40.6. The van der Waals surface area contributed by atoms with Crippen molar-refractivity contribution < 1.29 is 19.1 Å². The molecule has 0 aromatic heterocycles. The second-order valence-corrected chi connectivity index (χ2v) is 10.3. The van der Waals surface area contributed by atoms with Crippen molar-refractivity contribution in [3.8, 4) is 12.5 Å². The number of alkyl carbamates (subject to hydrolysis) is 1. The number of hydrogen-bond donors (Lipinski definition) is 2. The van der Waals surface area contributed by atoms with E-state index in [-0.39, 0.29) is 5.92 Å². The molecule has 3 unspecified atom stereocenters. The molecule has 2 N–H and O–H groups in total. The molecule has 0 fully saturated rings. The van der Waals surface area contributed by atoms with E-state index in [4.69, 9.17) is 11.2 Å². The predicted molar refractivity (Wildman–Crippen MR) is 130 cm³/mol. The minimum atomic E-state index is -1.06. The molecule has 3 atom stereocenters. The van der Waals surface area contributed by atoms with Crippen molar-refractivity contribution in [2.45, 2.75) is 92.0 Å². The van der Waals surface area contributed by atoms with Gasteiger partial charge in [-0.15, -0.1) is 0 Å². The second-order valence-electron chi connectivity index (χ2n) is 10.3. The fraction of sp³-hybridized carbons (Fsp3) is 0.577. The fourth-order valence-electron chi connectivity index (χ4n) is 3.26. The van der Waals surface area contributed by atoms with Crippen molar-refractivity contribution in [1.29, 1.82) is 0 Å². The number of benzene rings is 1. The van der Waals surface area contributed by atoms with Crippen LogP contribution in [0.15, 0.2) is 24.3 Å². The van der Waals surface area contributed by atoms with Gasteiger partial charge in [0.1, 0.15) is 17.7 Å². The van der Waals surface area contributed by atoms with Gasteiger partial charge >= 0.3 is 6.09 Å². The summed E-state index contributed by atoms with van der Waals surface area (Å²) in [6, 6.07) is 7.67. The number of carbonyl (C=O) groups is 3. The summed E-state index contributed by atoms with van der Waals surface area (Å²) >= 11 is 0. The third-order valence-electron chi connectivity index (χ3n) is 5.02. The van der Waals surface area contributed by atoms with Gasteiger partial charge in [-0.2, -0.15) is 0 Å². The van der Waals surface area contributed by atoms with Gasteiger partial charge in [-0.25, -0.2) is 4.79 Å². The van der Waals surface area contributed by atoms with Crippen LogP contribution in [-0.2, 0) is 14.3 Å². The molecule has 7 nitrogen and oxygen atoms in total. The highest BCUT2D eigenvalue weighted by molar-refractivity contribution is 5.93. The number of carbonyl (C=O) groups excluding carboxylic acids is 3. The van der Waals surface area contributed by atoms with Gasteiger partial charge in [0, 0.05) is 11.6 Å². The van der Waals surface area contributed by atoms with Crippen LogP contribution in [0.4, 0.5) is 4.79 Å². The van der Waals surface area contributed by atoms with Crippen molar-refractivity contribution in [2.24, 2.45) is 5.92 Å². The maximum absolute atomic E-state index is 13.7. The standard InChI is InChI=1S/C26H39N3O4/c1-11-17(3)20(27-24(32)33-26(8,9)10)23(31)29(12-2)21(22(30)28-25(5,6)7)19-16-14-13-15-18(19)4/h2,13-17,20-21H,11H2,1,3-10H3,(H,27,32)(H,28,30). The van der Waals surface area contributed by atoms with Crippen molar-refractivity contribution in [2.75, 3.05) is 0 Å². The summed E-state index contributed by atoms with van der Waals surface area (Å²) in [5, 5.41) is 5.60. The van der Waals surface area contributed by atoms with E-state index in [1.54, 1.807) is 32.9 Å². The van der Waals surface area contributed by atoms with Crippen molar-refractivity contribution in [1.82, 2.24) is 15.5 Å². The zero-order valence-corrected chi connectivity index (χ0v) is 21.4. The van der Waals surface area contributed by atoms with E-state index in [9.17, 15) is 14.4 Å². The Labute approximate surface area is 198 Å². The lowest BCUT2D eigenvalue weighted by atomic mass is 9.94. The highest BCUT2D eigenvalue weighted by Gasteiger charge is 2.39. The first-order valence-electron chi connectivity index (χ1n) is 11.3. The zero-order valence-electron chi connectivity index (χ0n) is 21.4. The molecule has 0 saturated heterocycles. The van der Waals surface area contributed by atoms with Gasteiger partial charge in [-0.3, -0.25) is 14.5 Å². The molecule has 3 amide bonds. The molecular formula is C26H39N3O4. The first kappa shape index (κ1) is 28.0. The Hall–Kier alpha value is -3.01. The molecule has 0 bridgehead atoms. The summed E-state index contributed by atoms with van der Waals surface area (Å²) < 4.78 is 5.35. The van der Waals surface area contributed by atoms with Gasteiger partial charge in [0.15, 0.2) is 0 Å². The van der Waals surface area contributed by atoms with Gasteiger partial charge in [0.05, 0.1) is 0 Å². The Bertz CT molecular complexity index is 890. The van der Waals surface area contributed by atoms with Crippen LogP contribution in [0.25, 0.3) is 0 Å². The Morgan fingerprint density at radius 3 is 2.15 bits per heavy atom. The van der Waals surface area contributed by atoms with Gasteiger partial charge in [0.25, 0.3) is 5.91 Å². The molecular weight excluding hydrogens is 418 g/mol. The lowest BCUT2D eigenvalue weighted by Crippen LogP contribution is -2.55. The Kier molecular flexibility index (Phi) is 9.53. The second kappa shape index (κ2) is 11.2. The summed E-state index contributed by atoms with van der Waals surface area (Å²) in [6.45, 7) is 16.4. The van der Waals surface area contributed by atoms with Gasteiger partial charge in [-0.1, -0.05) is 51.0 Å². The summed E-state index contributed by atoms with van der Waals surface area (Å²) in [6.07, 6.45) is 5.69. The SMILES string of the molecule is C#CN(C(=O)C(NC(=O)OC(C)(C)C)C(C)CC)C(C(=O)NC(C)(C)C)c1ccccc1C. The lowest BCUT2D eigenvalue weighted by Gasteiger charge is -2.34. The maximum Gasteiger partial charge on any atom is 0.408 e. The topological polar surface area (TPSA) is 87.7 Å². The van der Waals surface area contributed by atoms with E-state index in [1.165, 1.54) is 0 Å². The van der Waals surface area contributed by atoms with E-state index in [0.717, 1.165) is 10.5 Å². The third-order valence-corrected chi connectivity index (χ3v) is 5.02. The Balaban J connectivity index is 3.45. The van der Waals surface area contributed by atoms with E-state index in [0.29, 0.717) is 12.0 Å². The number of aryl methyl sites for hydroxylation is 1. The van der Waals surface area contributed by atoms with Crippen LogP contribution in [0.2, 0.25) is 0 Å². The van der Waals surface area contributed by atoms with Crippen LogP contribution in [0.3, 0.4) is 0 Å². The molecule has 7 heteroatoms. The van der Waals surface area contributed by atoms with Crippen LogP contribution in [-0.4, -0.2) is 40.0 Å². The molecule has 1 aromatic rings. The van der Waals surface area contributed by atoms with E-state index < -0.39 is 41.1 Å². The van der Waals surface area contributed by atoms with E-state index >= 15 is 0 Å². The third kappa shape index (κ3) is 8.45. The zero-order chi connectivity index (χ0) is 25.6. The molecule has 0 spiro atoms. The number of ether oxygens (including phenoxy) is 1. The minimum absolute atomic E-state index is 0.246. The van der Waals surface area contributed by atoms with E-state index in [1.807, 2.05) is 53.7 Å². The molecule has 33 heavy (non-hydrogen) atoms. The largest absolute Gasteiger partial charge is 0.444 e. The molecule has 1 rings (SSSR count). The van der Waals surface area contributed by atoms with Gasteiger partial charge < -0.3 is 15.4 Å². The fourth-order valence-corrected chi connectivity index (χ4v) is 3.26. The number of nitrogens with zero attached hydrogens (tertiary/aromatic N) is 1.